The molecule has 5 rings (SSSR count). The third kappa shape index (κ3) is 3.08. The van der Waals surface area contributed by atoms with Gasteiger partial charge in [0.25, 0.3) is 5.56 Å². The molecular weight excluding hydrogens is 378 g/mol. The summed E-state index contributed by atoms with van der Waals surface area (Å²) >= 11 is 3.03. The van der Waals surface area contributed by atoms with E-state index >= 15 is 0 Å². The Bertz CT molecular complexity index is 1160. The summed E-state index contributed by atoms with van der Waals surface area (Å²) in [5.74, 6) is 2.61. The fourth-order valence-electron chi connectivity index (χ4n) is 3.42. The van der Waals surface area contributed by atoms with Gasteiger partial charge in [0.15, 0.2) is 10.1 Å². The van der Waals surface area contributed by atoms with E-state index < -0.39 is 0 Å². The average molecular weight is 396 g/mol. The van der Waals surface area contributed by atoms with Crippen molar-refractivity contribution in [1.29, 1.82) is 0 Å². The molecule has 0 radical (unpaired) electrons. The van der Waals surface area contributed by atoms with Gasteiger partial charge in [-0.15, -0.1) is 21.5 Å². The molecule has 6 nitrogen and oxygen atoms in total. The van der Waals surface area contributed by atoms with Crippen molar-refractivity contribution in [2.75, 3.05) is 0 Å². The Labute approximate surface area is 163 Å². The summed E-state index contributed by atoms with van der Waals surface area (Å²) < 4.78 is 3.64. The van der Waals surface area contributed by atoms with Crippen LogP contribution in [0.15, 0.2) is 57.9 Å². The third-order valence-corrected chi connectivity index (χ3v) is 6.73. The Morgan fingerprint density at radius 3 is 2.93 bits per heavy atom. The SMILES string of the molecule is Cn1c(SCc2cc(=O)n3ccsc3n2)nnc1C1CC1c1ccccc1. The molecule has 2 atom stereocenters. The smallest absolute Gasteiger partial charge is 0.258 e. The summed E-state index contributed by atoms with van der Waals surface area (Å²) in [6, 6.07) is 12.2. The number of aromatic nitrogens is 5. The van der Waals surface area contributed by atoms with Crippen LogP contribution in [-0.4, -0.2) is 24.1 Å². The predicted octanol–water partition coefficient (Wildman–Crippen LogP) is 3.45. The minimum Gasteiger partial charge on any atom is -0.309 e. The van der Waals surface area contributed by atoms with Crippen LogP contribution >= 0.6 is 23.1 Å². The molecule has 0 bridgehead atoms. The number of hydrogen-bond acceptors (Lipinski definition) is 6. The number of thiazole rings is 1. The van der Waals surface area contributed by atoms with Crippen molar-refractivity contribution < 1.29 is 0 Å². The maximum Gasteiger partial charge on any atom is 0.258 e. The number of nitrogens with zero attached hydrogens (tertiary/aromatic N) is 5. The first kappa shape index (κ1) is 16.7. The molecule has 1 aliphatic carbocycles. The van der Waals surface area contributed by atoms with Gasteiger partial charge in [0.05, 0.1) is 5.69 Å². The van der Waals surface area contributed by atoms with Crippen LogP contribution in [-0.2, 0) is 12.8 Å². The summed E-state index contributed by atoms with van der Waals surface area (Å²) in [5.41, 5.74) is 2.10. The molecular formula is C19H17N5OS2. The van der Waals surface area contributed by atoms with Gasteiger partial charge in [-0.3, -0.25) is 9.20 Å². The molecule has 0 aliphatic heterocycles. The van der Waals surface area contributed by atoms with E-state index in [2.05, 4.69) is 44.0 Å². The molecule has 1 fully saturated rings. The zero-order valence-electron chi connectivity index (χ0n) is 14.6. The van der Waals surface area contributed by atoms with Crippen LogP contribution in [0, 0.1) is 0 Å². The number of fused-ring (bicyclic) bond motifs is 1. The van der Waals surface area contributed by atoms with Crippen molar-refractivity contribution in [3.8, 4) is 0 Å². The Morgan fingerprint density at radius 1 is 1.22 bits per heavy atom. The first-order valence-electron chi connectivity index (χ1n) is 8.73. The second-order valence-electron chi connectivity index (χ2n) is 6.69. The molecule has 1 aromatic carbocycles. The molecule has 1 aliphatic rings. The molecule has 3 aromatic heterocycles. The maximum atomic E-state index is 12.1. The Kier molecular flexibility index (Phi) is 4.09. The standard InChI is InChI=1S/C19H17N5OS2/c1-23-17(15-10-14(15)12-5-3-2-4-6-12)21-22-19(23)27-11-13-9-16(25)24-7-8-26-18(24)20-13/h2-9,14-15H,10-11H2,1H3. The Hall–Kier alpha value is -2.45. The van der Waals surface area contributed by atoms with E-state index in [1.165, 1.54) is 16.9 Å². The lowest BCUT2D eigenvalue weighted by molar-refractivity contribution is 0.730. The molecule has 8 heteroatoms. The Morgan fingerprint density at radius 2 is 2.07 bits per heavy atom. The highest BCUT2D eigenvalue weighted by molar-refractivity contribution is 7.98. The van der Waals surface area contributed by atoms with E-state index in [1.54, 1.807) is 28.4 Å². The molecule has 0 saturated heterocycles. The maximum absolute atomic E-state index is 12.1. The van der Waals surface area contributed by atoms with Crippen LogP contribution in [0.25, 0.3) is 4.96 Å². The lowest BCUT2D eigenvalue weighted by Crippen LogP contribution is -2.12. The summed E-state index contributed by atoms with van der Waals surface area (Å²) in [7, 11) is 2.02. The second kappa shape index (κ2) is 6.61. The second-order valence-corrected chi connectivity index (χ2v) is 8.50. The highest BCUT2D eigenvalue weighted by Crippen LogP contribution is 2.54. The van der Waals surface area contributed by atoms with Crippen LogP contribution in [0.4, 0.5) is 0 Å². The van der Waals surface area contributed by atoms with Crippen molar-refractivity contribution in [3.63, 3.8) is 0 Å². The normalized spacial score (nSPS) is 18.9. The van der Waals surface area contributed by atoms with Crippen LogP contribution in [0.1, 0.15) is 35.3 Å². The minimum absolute atomic E-state index is 0.0424. The number of thioether (sulfide) groups is 1. The van der Waals surface area contributed by atoms with Gasteiger partial charge in [-0.25, -0.2) is 4.98 Å². The molecule has 0 spiro atoms. The summed E-state index contributed by atoms with van der Waals surface area (Å²) in [6.45, 7) is 0. The van der Waals surface area contributed by atoms with Gasteiger partial charge in [-0.05, 0) is 17.9 Å². The lowest BCUT2D eigenvalue weighted by Gasteiger charge is -2.04. The first-order valence-corrected chi connectivity index (χ1v) is 10.6. The summed E-state index contributed by atoms with van der Waals surface area (Å²) in [5, 5.41) is 11.5. The highest BCUT2D eigenvalue weighted by Gasteiger charge is 2.42. The van der Waals surface area contributed by atoms with E-state index in [9.17, 15) is 4.79 Å². The van der Waals surface area contributed by atoms with E-state index in [1.807, 2.05) is 18.5 Å². The monoisotopic (exact) mass is 395 g/mol. The van der Waals surface area contributed by atoms with Gasteiger partial charge in [0, 0.05) is 36.4 Å². The van der Waals surface area contributed by atoms with E-state index in [-0.39, 0.29) is 5.56 Å². The van der Waals surface area contributed by atoms with E-state index in [4.69, 9.17) is 0 Å². The molecule has 2 unspecified atom stereocenters. The molecule has 1 saturated carbocycles. The molecule has 3 heterocycles. The van der Waals surface area contributed by atoms with Gasteiger partial charge in [0.2, 0.25) is 0 Å². The quantitative estimate of drug-likeness (QED) is 0.484. The molecule has 0 amide bonds. The molecule has 0 N–H and O–H groups in total. The summed E-state index contributed by atoms with van der Waals surface area (Å²) in [6.07, 6.45) is 2.87. The van der Waals surface area contributed by atoms with Gasteiger partial charge in [0.1, 0.15) is 5.82 Å². The van der Waals surface area contributed by atoms with Crippen molar-refractivity contribution in [2.24, 2.45) is 7.05 Å². The fourth-order valence-corrected chi connectivity index (χ4v) is 4.97. The fraction of sp³-hybridized carbons (Fsp3) is 0.263. The van der Waals surface area contributed by atoms with Gasteiger partial charge >= 0.3 is 0 Å². The van der Waals surface area contributed by atoms with Gasteiger partial charge < -0.3 is 4.57 Å². The van der Waals surface area contributed by atoms with Crippen molar-refractivity contribution in [1.82, 2.24) is 24.1 Å². The van der Waals surface area contributed by atoms with Gasteiger partial charge in [-0.2, -0.15) is 0 Å². The van der Waals surface area contributed by atoms with Crippen molar-refractivity contribution in [2.45, 2.75) is 29.2 Å². The Balaban J connectivity index is 1.31. The topological polar surface area (TPSA) is 65.1 Å². The minimum atomic E-state index is -0.0424. The zero-order chi connectivity index (χ0) is 18.4. The first-order chi connectivity index (χ1) is 13.2. The number of benzene rings is 1. The van der Waals surface area contributed by atoms with Crippen LogP contribution < -0.4 is 5.56 Å². The van der Waals surface area contributed by atoms with Crippen molar-refractivity contribution in [3.05, 3.63) is 75.4 Å². The zero-order valence-corrected chi connectivity index (χ0v) is 16.3. The van der Waals surface area contributed by atoms with Crippen molar-refractivity contribution >= 4 is 28.1 Å². The lowest BCUT2D eigenvalue weighted by atomic mass is 10.1. The largest absolute Gasteiger partial charge is 0.309 e. The van der Waals surface area contributed by atoms with E-state index in [0.717, 1.165) is 28.1 Å². The van der Waals surface area contributed by atoms with E-state index in [0.29, 0.717) is 17.6 Å². The van der Waals surface area contributed by atoms with Crippen LogP contribution in [0.3, 0.4) is 0 Å². The molecule has 136 valence electrons. The molecule has 4 aromatic rings. The number of rotatable bonds is 5. The predicted molar refractivity (Wildman–Crippen MR) is 106 cm³/mol. The average Bonchev–Trinajstić information content (AvgIpc) is 3.16. The van der Waals surface area contributed by atoms with Crippen LogP contribution in [0.2, 0.25) is 0 Å². The van der Waals surface area contributed by atoms with Gasteiger partial charge in [-0.1, -0.05) is 42.1 Å². The summed E-state index contributed by atoms with van der Waals surface area (Å²) in [4.78, 5) is 17.4. The molecule has 27 heavy (non-hydrogen) atoms. The third-order valence-electron chi connectivity index (χ3n) is 4.92. The highest BCUT2D eigenvalue weighted by atomic mass is 32.2. The number of hydrogen-bond donors (Lipinski definition) is 0. The van der Waals surface area contributed by atoms with Crippen LogP contribution in [0.5, 0.6) is 0 Å².